The number of nitrogens with two attached hydrogens (primary N) is 1. The Bertz CT molecular complexity index is 629. The topological polar surface area (TPSA) is 208 Å². The van der Waals surface area contributed by atoms with Gasteiger partial charge in [-0.15, -0.1) is 0 Å². The fourth-order valence-electron chi connectivity index (χ4n) is 3.22. The molecule has 0 saturated carbocycles. The third-order valence-corrected chi connectivity index (χ3v) is 5.57. The maximum absolute atomic E-state index is 11.5. The molecule has 31 heavy (non-hydrogen) atoms. The van der Waals surface area contributed by atoms with Gasteiger partial charge < -0.3 is 30.8 Å². The summed E-state index contributed by atoms with van der Waals surface area (Å²) in [6, 6.07) is -1.15. The molecule has 0 aromatic rings. The van der Waals surface area contributed by atoms with Crippen LogP contribution in [0, 0.1) is 0 Å². The molecule has 0 radical (unpaired) electrons. The normalized spacial score (nSPS) is 20.5. The summed E-state index contributed by atoms with van der Waals surface area (Å²) in [6.07, 6.45) is -0.519. The van der Waals surface area contributed by atoms with E-state index < -0.39 is 37.8 Å². The summed E-state index contributed by atoms with van der Waals surface area (Å²) in [5.41, 5.74) is 5.63. The van der Waals surface area contributed by atoms with Gasteiger partial charge >= 0.3 is 25.5 Å². The molecule has 180 valence electrons. The highest BCUT2D eigenvalue weighted by Crippen LogP contribution is 2.34. The smallest absolute Gasteiger partial charge is 0.339 e. The van der Waals surface area contributed by atoms with Crippen LogP contribution in [0.5, 0.6) is 0 Å². The van der Waals surface area contributed by atoms with Crippen LogP contribution in [-0.4, -0.2) is 147 Å². The number of hydrogen-bond donors (Lipinski definition) is 6. The second-order valence-electron chi connectivity index (χ2n) is 7.51. The molecule has 15 heteroatoms. The molecular weight excluding hydrogens is 437 g/mol. The summed E-state index contributed by atoms with van der Waals surface area (Å²) < 4.78 is 11.5. The molecule has 1 saturated heterocycles. The van der Waals surface area contributed by atoms with E-state index in [0.29, 0.717) is 13.1 Å². The van der Waals surface area contributed by atoms with Crippen LogP contribution in [0.25, 0.3) is 0 Å². The van der Waals surface area contributed by atoms with Gasteiger partial charge in [-0.25, -0.2) is 0 Å². The molecule has 1 unspecified atom stereocenters. The average Bonchev–Trinajstić information content (AvgIpc) is 2.61. The second-order valence-corrected chi connectivity index (χ2v) is 9.12. The average molecular weight is 469 g/mol. The number of nitrogens with zero attached hydrogens (tertiary/aromatic N) is 4. The fourth-order valence-corrected chi connectivity index (χ4v) is 4.02. The number of hydrogen-bond acceptors (Lipinski definition) is 9. The van der Waals surface area contributed by atoms with Crippen molar-refractivity contribution in [1.82, 2.24) is 19.6 Å². The zero-order valence-electron chi connectivity index (χ0n) is 17.2. The molecule has 1 fully saturated rings. The third kappa shape index (κ3) is 12.7. The van der Waals surface area contributed by atoms with Crippen LogP contribution in [0.15, 0.2) is 0 Å². The molecule has 1 atom stereocenters. The third-order valence-electron chi connectivity index (χ3n) is 4.80. The first-order chi connectivity index (χ1) is 14.4. The molecule has 0 aliphatic carbocycles. The van der Waals surface area contributed by atoms with Crippen molar-refractivity contribution in [2.24, 2.45) is 5.73 Å². The molecule has 1 rings (SSSR count). The van der Waals surface area contributed by atoms with Crippen LogP contribution in [-0.2, 0) is 18.9 Å². The fraction of sp³-hybridized carbons (Fsp3) is 0.812. The lowest BCUT2D eigenvalue weighted by atomic mass is 10.2. The Balaban J connectivity index is 2.99. The maximum atomic E-state index is 11.5. The summed E-state index contributed by atoms with van der Waals surface area (Å²) in [6.45, 7) is 1.35. The van der Waals surface area contributed by atoms with Crippen molar-refractivity contribution < 1.29 is 44.1 Å². The zero-order chi connectivity index (χ0) is 23.6. The van der Waals surface area contributed by atoms with Crippen molar-refractivity contribution in [3.8, 4) is 0 Å². The molecular formula is C16H32N5O9P. The molecule has 0 bridgehead atoms. The van der Waals surface area contributed by atoms with Gasteiger partial charge in [-0.3, -0.25) is 38.5 Å². The summed E-state index contributed by atoms with van der Waals surface area (Å²) in [5, 5.41) is 27.4. The van der Waals surface area contributed by atoms with Crippen LogP contribution in [0.1, 0.15) is 0 Å². The highest BCUT2D eigenvalue weighted by atomic mass is 31.2. The molecule has 1 aliphatic rings. The molecule has 0 amide bonds. The number of carboxylic acid groups (broad SMARTS) is 3. The lowest BCUT2D eigenvalue weighted by Crippen LogP contribution is -2.50. The van der Waals surface area contributed by atoms with Gasteiger partial charge in [0.05, 0.1) is 13.1 Å². The van der Waals surface area contributed by atoms with Crippen LogP contribution in [0.3, 0.4) is 0 Å². The first kappa shape index (κ1) is 27.4. The van der Waals surface area contributed by atoms with Crippen molar-refractivity contribution in [1.29, 1.82) is 0 Å². The number of carbonyl (C=O) groups is 3. The van der Waals surface area contributed by atoms with Gasteiger partial charge in [-0.1, -0.05) is 0 Å². The summed E-state index contributed by atoms with van der Waals surface area (Å²) in [5.74, 6) is -3.30. The highest BCUT2D eigenvalue weighted by molar-refractivity contribution is 7.51. The van der Waals surface area contributed by atoms with Crippen LogP contribution >= 0.6 is 7.60 Å². The monoisotopic (exact) mass is 469 g/mol. The molecule has 0 aromatic carbocycles. The van der Waals surface area contributed by atoms with E-state index in [1.807, 2.05) is 0 Å². The lowest BCUT2D eigenvalue weighted by Gasteiger charge is -2.33. The van der Waals surface area contributed by atoms with E-state index in [0.717, 1.165) is 0 Å². The standard InChI is InChI=1S/C16H32N5O9P/c17-13(16(26)27)9-18-1-3-19(10-14(22)23)5-7-21(12-31(28,29)30)8-6-20(4-2-18)11-15(24)25/h13H,1-12,17H2,(H,22,23)(H,24,25)(H,26,27)(H2,28,29,30). The van der Waals surface area contributed by atoms with Gasteiger partial charge in [-0.2, -0.15) is 0 Å². The minimum Gasteiger partial charge on any atom is -0.480 e. The Labute approximate surface area is 180 Å². The maximum Gasteiger partial charge on any atom is 0.339 e. The Morgan fingerprint density at radius 3 is 1.42 bits per heavy atom. The largest absolute Gasteiger partial charge is 0.480 e. The van der Waals surface area contributed by atoms with Crippen molar-refractivity contribution in [2.45, 2.75) is 6.04 Å². The minimum absolute atomic E-state index is 0.0154. The zero-order valence-corrected chi connectivity index (χ0v) is 18.1. The van der Waals surface area contributed by atoms with Crippen LogP contribution < -0.4 is 5.73 Å². The number of rotatable bonds is 9. The summed E-state index contributed by atoms with van der Waals surface area (Å²) in [4.78, 5) is 58.6. The second kappa shape index (κ2) is 13.0. The van der Waals surface area contributed by atoms with Crippen molar-refractivity contribution >= 4 is 25.5 Å². The predicted octanol–water partition coefficient (Wildman–Crippen LogP) is -3.08. The Morgan fingerprint density at radius 1 is 0.742 bits per heavy atom. The molecule has 7 N–H and O–H groups in total. The van der Waals surface area contributed by atoms with Gasteiger partial charge in [0, 0.05) is 58.9 Å². The van der Waals surface area contributed by atoms with E-state index in [4.69, 9.17) is 21.1 Å². The predicted molar refractivity (Wildman–Crippen MR) is 109 cm³/mol. The van der Waals surface area contributed by atoms with E-state index in [1.54, 1.807) is 14.7 Å². The van der Waals surface area contributed by atoms with Crippen molar-refractivity contribution in [2.75, 3.05) is 78.3 Å². The molecule has 1 aliphatic heterocycles. The quantitative estimate of drug-likeness (QED) is 0.185. The number of aliphatic carboxylic acids is 3. The van der Waals surface area contributed by atoms with Gasteiger partial charge in [0.1, 0.15) is 12.3 Å². The summed E-state index contributed by atoms with van der Waals surface area (Å²) in [7, 11) is -4.36. The lowest BCUT2D eigenvalue weighted by molar-refractivity contribution is -0.139. The first-order valence-electron chi connectivity index (χ1n) is 9.71. The highest BCUT2D eigenvalue weighted by Gasteiger charge is 2.24. The van der Waals surface area contributed by atoms with Crippen molar-refractivity contribution in [3.05, 3.63) is 0 Å². The van der Waals surface area contributed by atoms with E-state index in [2.05, 4.69) is 0 Å². The van der Waals surface area contributed by atoms with Gasteiger partial charge in [-0.05, 0) is 0 Å². The first-order valence-corrected chi connectivity index (χ1v) is 11.5. The molecule has 14 nitrogen and oxygen atoms in total. The van der Waals surface area contributed by atoms with E-state index in [9.17, 15) is 28.7 Å². The van der Waals surface area contributed by atoms with Crippen LogP contribution in [0.4, 0.5) is 0 Å². The Hall–Kier alpha value is -1.64. The van der Waals surface area contributed by atoms with Gasteiger partial charge in [0.25, 0.3) is 0 Å². The molecule has 0 aromatic heterocycles. The molecule has 1 heterocycles. The van der Waals surface area contributed by atoms with Crippen molar-refractivity contribution in [3.63, 3.8) is 0 Å². The SMILES string of the molecule is NC(CN1CCN(CC(=O)O)CCN(CP(=O)(O)O)CCN(CC(=O)O)CC1)C(=O)O. The van der Waals surface area contributed by atoms with E-state index >= 15 is 0 Å². The van der Waals surface area contributed by atoms with E-state index in [1.165, 1.54) is 4.90 Å². The Kier molecular flexibility index (Phi) is 11.5. The molecule has 0 spiro atoms. The van der Waals surface area contributed by atoms with E-state index in [-0.39, 0.29) is 58.9 Å². The summed E-state index contributed by atoms with van der Waals surface area (Å²) >= 11 is 0. The van der Waals surface area contributed by atoms with Crippen LogP contribution in [0.2, 0.25) is 0 Å². The van der Waals surface area contributed by atoms with Gasteiger partial charge in [0.15, 0.2) is 0 Å². The Morgan fingerprint density at radius 2 is 1.10 bits per heavy atom. The minimum atomic E-state index is -4.36. The van der Waals surface area contributed by atoms with Gasteiger partial charge in [0.2, 0.25) is 0 Å². The number of carboxylic acids is 3.